The molecule has 0 radical (unpaired) electrons. The average molecular weight is 458 g/mol. The highest BCUT2D eigenvalue weighted by molar-refractivity contribution is 7.99. The maximum atomic E-state index is 12.9. The van der Waals surface area contributed by atoms with Gasteiger partial charge in [-0.15, -0.1) is 10.2 Å². The quantitative estimate of drug-likeness (QED) is 0.595. The number of para-hydroxylation sites is 1. The Balaban J connectivity index is 1.26. The van der Waals surface area contributed by atoms with Crippen molar-refractivity contribution in [3.63, 3.8) is 0 Å². The molecule has 2 unspecified atom stereocenters. The van der Waals surface area contributed by atoms with Crippen LogP contribution < -0.4 is 0 Å². The molecule has 3 heterocycles. The molecule has 0 N–H and O–H groups in total. The van der Waals surface area contributed by atoms with Gasteiger partial charge in [-0.05, 0) is 50.7 Å². The number of morpholine rings is 1. The summed E-state index contributed by atoms with van der Waals surface area (Å²) in [7, 11) is 0. The Morgan fingerprint density at radius 3 is 2.59 bits per heavy atom. The Labute approximate surface area is 195 Å². The smallest absolute Gasteiger partial charge is 0.233 e. The fourth-order valence-electron chi connectivity index (χ4n) is 4.91. The van der Waals surface area contributed by atoms with Crippen molar-refractivity contribution in [3.05, 3.63) is 36.2 Å². The van der Waals surface area contributed by atoms with Crippen molar-refractivity contribution in [2.24, 2.45) is 5.92 Å². The van der Waals surface area contributed by atoms with Crippen molar-refractivity contribution < 1.29 is 9.53 Å². The Hall–Kier alpha value is -1.90. The van der Waals surface area contributed by atoms with Crippen LogP contribution in [0.2, 0.25) is 0 Å². The van der Waals surface area contributed by atoms with E-state index in [0.29, 0.717) is 23.9 Å². The monoisotopic (exact) mass is 457 g/mol. The summed E-state index contributed by atoms with van der Waals surface area (Å²) >= 11 is 1.48. The Bertz CT molecular complexity index is 886. The minimum absolute atomic E-state index is 0.195. The van der Waals surface area contributed by atoms with E-state index in [-0.39, 0.29) is 5.91 Å². The standard InChI is InChI=1S/C24H35N5O2S/c1-4-21-7-5-6-8-22(21)29-17-25-26-24(29)32-16-23(30)28-11-9-20(10-12-28)15-27-13-18(2)31-19(3)14-27/h5-8,17-20H,4,9-16H2,1-3H3. The molecule has 2 aromatic rings. The van der Waals surface area contributed by atoms with E-state index in [9.17, 15) is 4.79 Å². The van der Waals surface area contributed by atoms with Crippen LogP contribution in [0.15, 0.2) is 35.7 Å². The first-order valence-corrected chi connectivity index (χ1v) is 12.8. The number of rotatable bonds is 7. The summed E-state index contributed by atoms with van der Waals surface area (Å²) in [5.41, 5.74) is 2.33. The van der Waals surface area contributed by atoms with Gasteiger partial charge in [-0.2, -0.15) is 0 Å². The van der Waals surface area contributed by atoms with E-state index in [4.69, 9.17) is 4.74 Å². The van der Waals surface area contributed by atoms with Crippen LogP contribution in [0.25, 0.3) is 5.69 Å². The number of hydrogen-bond acceptors (Lipinski definition) is 6. The van der Waals surface area contributed by atoms with Crippen LogP contribution in [-0.2, 0) is 16.0 Å². The number of piperidine rings is 1. The molecule has 2 fully saturated rings. The van der Waals surface area contributed by atoms with Gasteiger partial charge in [0, 0.05) is 32.7 Å². The highest BCUT2D eigenvalue weighted by Gasteiger charge is 2.28. The summed E-state index contributed by atoms with van der Waals surface area (Å²) in [6, 6.07) is 8.27. The van der Waals surface area contributed by atoms with E-state index in [1.807, 2.05) is 21.6 Å². The van der Waals surface area contributed by atoms with E-state index in [0.717, 1.165) is 62.8 Å². The zero-order chi connectivity index (χ0) is 22.5. The van der Waals surface area contributed by atoms with E-state index in [1.165, 1.54) is 17.3 Å². The molecule has 0 spiro atoms. The number of aromatic nitrogens is 3. The summed E-state index contributed by atoms with van der Waals surface area (Å²) in [6.07, 6.45) is 5.45. The van der Waals surface area contributed by atoms with Crippen molar-refractivity contribution in [3.8, 4) is 5.69 Å². The van der Waals surface area contributed by atoms with Crippen LogP contribution >= 0.6 is 11.8 Å². The molecule has 4 rings (SSSR count). The Morgan fingerprint density at radius 1 is 1.16 bits per heavy atom. The molecule has 8 heteroatoms. The minimum Gasteiger partial charge on any atom is -0.373 e. The van der Waals surface area contributed by atoms with Gasteiger partial charge in [0.25, 0.3) is 0 Å². The first-order valence-electron chi connectivity index (χ1n) is 11.8. The maximum Gasteiger partial charge on any atom is 0.233 e. The lowest BCUT2D eigenvalue weighted by Crippen LogP contribution is -2.48. The number of thioether (sulfide) groups is 1. The van der Waals surface area contributed by atoms with Gasteiger partial charge in [0.2, 0.25) is 5.91 Å². The largest absolute Gasteiger partial charge is 0.373 e. The molecular weight excluding hydrogens is 422 g/mol. The topological polar surface area (TPSA) is 63.5 Å². The molecule has 7 nitrogen and oxygen atoms in total. The molecule has 0 aliphatic carbocycles. The van der Waals surface area contributed by atoms with Crippen LogP contribution in [-0.4, -0.2) is 81.2 Å². The highest BCUT2D eigenvalue weighted by Crippen LogP contribution is 2.25. The van der Waals surface area contributed by atoms with Crippen molar-refractivity contribution in [1.29, 1.82) is 0 Å². The SMILES string of the molecule is CCc1ccccc1-n1cnnc1SCC(=O)N1CCC(CN2CC(C)OC(C)C2)CC1. The number of nitrogens with zero attached hydrogens (tertiary/aromatic N) is 5. The fraction of sp³-hybridized carbons (Fsp3) is 0.625. The van der Waals surface area contributed by atoms with Crippen molar-refractivity contribution in [2.75, 3.05) is 38.5 Å². The third kappa shape index (κ3) is 5.71. The lowest BCUT2D eigenvalue weighted by molar-refractivity contribution is -0.130. The normalized spacial score (nSPS) is 22.9. The van der Waals surface area contributed by atoms with Gasteiger partial charge < -0.3 is 9.64 Å². The molecule has 2 aliphatic heterocycles. The molecule has 2 saturated heterocycles. The number of likely N-dealkylation sites (tertiary alicyclic amines) is 1. The van der Waals surface area contributed by atoms with Crippen molar-refractivity contribution >= 4 is 17.7 Å². The molecule has 32 heavy (non-hydrogen) atoms. The molecule has 0 bridgehead atoms. The maximum absolute atomic E-state index is 12.9. The Kier molecular flexibility index (Phi) is 7.86. The van der Waals surface area contributed by atoms with Gasteiger partial charge in [-0.3, -0.25) is 14.3 Å². The third-order valence-corrected chi connectivity index (χ3v) is 7.38. The van der Waals surface area contributed by atoms with Gasteiger partial charge in [-0.1, -0.05) is 36.9 Å². The molecule has 0 saturated carbocycles. The number of carbonyl (C=O) groups is 1. The summed E-state index contributed by atoms with van der Waals surface area (Å²) in [4.78, 5) is 17.4. The zero-order valence-electron chi connectivity index (χ0n) is 19.4. The van der Waals surface area contributed by atoms with Crippen LogP contribution in [0.1, 0.15) is 39.2 Å². The fourth-order valence-corrected chi connectivity index (χ4v) is 5.74. The third-order valence-electron chi connectivity index (χ3n) is 6.45. The van der Waals surface area contributed by atoms with E-state index < -0.39 is 0 Å². The summed E-state index contributed by atoms with van der Waals surface area (Å²) in [5.74, 6) is 1.26. The summed E-state index contributed by atoms with van der Waals surface area (Å²) in [5, 5.41) is 9.13. The van der Waals surface area contributed by atoms with E-state index in [2.05, 4.69) is 48.0 Å². The molecule has 1 aromatic heterocycles. The van der Waals surface area contributed by atoms with Gasteiger partial charge >= 0.3 is 0 Å². The van der Waals surface area contributed by atoms with E-state index in [1.54, 1.807) is 6.33 Å². The number of aryl methyl sites for hydroxylation is 1. The first-order chi connectivity index (χ1) is 15.5. The summed E-state index contributed by atoms with van der Waals surface area (Å²) in [6.45, 7) is 11.3. The van der Waals surface area contributed by atoms with Gasteiger partial charge in [0.15, 0.2) is 5.16 Å². The molecule has 2 atom stereocenters. The predicted molar refractivity (Wildman–Crippen MR) is 127 cm³/mol. The van der Waals surface area contributed by atoms with Crippen LogP contribution in [0.4, 0.5) is 0 Å². The molecule has 1 amide bonds. The number of ether oxygens (including phenoxy) is 1. The van der Waals surface area contributed by atoms with Gasteiger partial charge in [-0.25, -0.2) is 0 Å². The number of benzene rings is 1. The second-order valence-corrected chi connectivity index (χ2v) is 10.00. The van der Waals surface area contributed by atoms with Crippen LogP contribution in [0.3, 0.4) is 0 Å². The molecule has 174 valence electrons. The molecular formula is C24H35N5O2S. The minimum atomic E-state index is 0.195. The molecule has 1 aromatic carbocycles. The number of amides is 1. The van der Waals surface area contributed by atoms with Gasteiger partial charge in [0.1, 0.15) is 6.33 Å². The van der Waals surface area contributed by atoms with Crippen molar-refractivity contribution in [2.45, 2.75) is 57.4 Å². The second-order valence-electron chi connectivity index (χ2n) is 9.05. The Morgan fingerprint density at radius 2 is 1.88 bits per heavy atom. The molecule has 2 aliphatic rings. The van der Waals surface area contributed by atoms with Gasteiger partial charge in [0.05, 0.1) is 23.6 Å². The lowest BCUT2D eigenvalue weighted by atomic mass is 9.95. The predicted octanol–water partition coefficient (Wildman–Crippen LogP) is 3.27. The zero-order valence-corrected chi connectivity index (χ0v) is 20.3. The van der Waals surface area contributed by atoms with Crippen LogP contribution in [0.5, 0.6) is 0 Å². The van der Waals surface area contributed by atoms with Crippen molar-refractivity contribution in [1.82, 2.24) is 24.6 Å². The first kappa shape index (κ1) is 23.3. The number of carbonyl (C=O) groups excluding carboxylic acids is 1. The van der Waals surface area contributed by atoms with E-state index >= 15 is 0 Å². The highest BCUT2D eigenvalue weighted by atomic mass is 32.2. The average Bonchev–Trinajstić information content (AvgIpc) is 3.25. The summed E-state index contributed by atoms with van der Waals surface area (Å²) < 4.78 is 7.85. The van der Waals surface area contributed by atoms with Crippen LogP contribution in [0, 0.1) is 5.92 Å². The second kappa shape index (κ2) is 10.8. The number of hydrogen-bond donors (Lipinski definition) is 0. The lowest BCUT2D eigenvalue weighted by Gasteiger charge is -2.39.